The molecule has 2 fully saturated rings. The fraction of sp³-hybridized carbons (Fsp3) is 0.333. The third kappa shape index (κ3) is 5.34. The van der Waals surface area contributed by atoms with Crippen LogP contribution in [-0.2, 0) is 15.8 Å². The van der Waals surface area contributed by atoms with Crippen molar-refractivity contribution >= 4 is 45.9 Å². The Morgan fingerprint density at radius 3 is 2.64 bits per heavy atom. The fourth-order valence-electron chi connectivity index (χ4n) is 5.75. The molecule has 9 nitrogen and oxygen atoms in total. The van der Waals surface area contributed by atoms with Gasteiger partial charge in [0.25, 0.3) is 5.91 Å². The molecule has 0 spiro atoms. The summed E-state index contributed by atoms with van der Waals surface area (Å²) in [7, 11) is 0. The number of carbonyl (C=O) groups is 2. The van der Waals surface area contributed by atoms with Gasteiger partial charge in [-0.3, -0.25) is 14.6 Å². The second-order valence-corrected chi connectivity index (χ2v) is 13.1. The maximum absolute atomic E-state index is 14.1. The maximum Gasteiger partial charge on any atom is 0.251 e. The zero-order valence-corrected chi connectivity index (χ0v) is 25.7. The summed E-state index contributed by atoms with van der Waals surface area (Å²) in [5.74, 6) is -1.08. The van der Waals surface area contributed by atoms with Gasteiger partial charge in [-0.2, -0.15) is 0 Å². The van der Waals surface area contributed by atoms with Crippen molar-refractivity contribution in [3.8, 4) is 22.8 Å². The molecule has 2 saturated carbocycles. The zero-order valence-electron chi connectivity index (χ0n) is 24.2. The molecule has 12 heteroatoms. The van der Waals surface area contributed by atoms with E-state index < -0.39 is 28.6 Å². The number of nitrogens with zero attached hydrogens (tertiary/aromatic N) is 2. The van der Waals surface area contributed by atoms with Gasteiger partial charge in [-0.25, -0.2) is 9.37 Å². The minimum absolute atomic E-state index is 0.0323. The van der Waals surface area contributed by atoms with Gasteiger partial charge in [-0.05, 0) is 81.0 Å². The number of nitrogens with two attached hydrogens (primary N) is 1. The molecule has 232 valence electrons. The Balaban J connectivity index is 1.26. The molecule has 7 rings (SSSR count). The van der Waals surface area contributed by atoms with Gasteiger partial charge < -0.3 is 25.6 Å². The lowest BCUT2D eigenvalue weighted by Gasteiger charge is -2.30. The molecule has 2 aliphatic carbocycles. The summed E-state index contributed by atoms with van der Waals surface area (Å²) in [6, 6.07) is 10.8. The van der Waals surface area contributed by atoms with E-state index in [-0.39, 0.29) is 41.6 Å². The Morgan fingerprint density at radius 1 is 1.18 bits per heavy atom. The van der Waals surface area contributed by atoms with Crippen molar-refractivity contribution in [3.63, 3.8) is 0 Å². The van der Waals surface area contributed by atoms with Crippen LogP contribution < -0.4 is 20.5 Å². The van der Waals surface area contributed by atoms with Crippen LogP contribution in [0.3, 0.4) is 0 Å². The van der Waals surface area contributed by atoms with Crippen LogP contribution >= 0.6 is 23.2 Å². The van der Waals surface area contributed by atoms with E-state index >= 15 is 0 Å². The molecule has 2 atom stereocenters. The van der Waals surface area contributed by atoms with Gasteiger partial charge in [0.1, 0.15) is 46.1 Å². The SMILES string of the molecule is C[C@]1(C(N)=O)COc2c1cc([C@@](O)(CNC(=O)c1cc(OC3CC3)c3ncc(Cl)cc3c1)C1CC1)nc2-c1ccc(F)c(Cl)c1. The molecule has 3 heterocycles. The Labute approximate surface area is 267 Å². The summed E-state index contributed by atoms with van der Waals surface area (Å²) in [6.45, 7) is 1.45. The average molecular weight is 652 g/mol. The number of aromatic nitrogens is 2. The average Bonchev–Trinajstić information content (AvgIpc) is 3.95. The first-order valence-corrected chi connectivity index (χ1v) is 15.4. The molecule has 0 bridgehead atoms. The first kappa shape index (κ1) is 29.7. The number of hydrogen-bond acceptors (Lipinski definition) is 7. The molecule has 0 unspecified atom stereocenters. The van der Waals surface area contributed by atoms with E-state index in [2.05, 4.69) is 10.3 Å². The van der Waals surface area contributed by atoms with Crippen molar-refractivity contribution in [1.82, 2.24) is 15.3 Å². The smallest absolute Gasteiger partial charge is 0.251 e. The molecule has 2 aromatic carbocycles. The number of pyridine rings is 2. The third-order valence-corrected chi connectivity index (χ3v) is 9.32. The standard InChI is InChI=1S/C33H29Cl2FN4O5/c1-32(31(37)42)15-44-29-22(32)12-26(40-28(29)16-2-7-24(36)23(35)10-16)33(43,19-3-4-19)14-39-30(41)18-8-17-9-20(34)13-38-27(17)25(11-18)45-21-5-6-21/h2,7-13,19,21,43H,3-6,14-15H2,1H3,(H2,37,42)(H,39,41)/t32-,33+/m0/s1. The largest absolute Gasteiger partial charge is 0.489 e. The van der Waals surface area contributed by atoms with Gasteiger partial charge in [-0.1, -0.05) is 23.2 Å². The summed E-state index contributed by atoms with van der Waals surface area (Å²) in [5.41, 5.74) is 5.30. The van der Waals surface area contributed by atoms with Crippen LogP contribution in [0, 0.1) is 11.7 Å². The highest BCUT2D eigenvalue weighted by Gasteiger charge is 2.50. The van der Waals surface area contributed by atoms with E-state index in [9.17, 15) is 19.1 Å². The van der Waals surface area contributed by atoms with Crippen LogP contribution in [0.4, 0.5) is 4.39 Å². The van der Waals surface area contributed by atoms with Gasteiger partial charge in [0, 0.05) is 28.3 Å². The molecule has 45 heavy (non-hydrogen) atoms. The summed E-state index contributed by atoms with van der Waals surface area (Å²) in [5, 5.41) is 16.1. The van der Waals surface area contributed by atoms with Crippen LogP contribution in [0.15, 0.2) is 48.7 Å². The van der Waals surface area contributed by atoms with Gasteiger partial charge in [0.2, 0.25) is 5.91 Å². The van der Waals surface area contributed by atoms with Gasteiger partial charge >= 0.3 is 0 Å². The quantitative estimate of drug-likeness (QED) is 0.219. The number of primary amides is 1. The Hall–Kier alpha value is -3.99. The number of fused-ring (bicyclic) bond motifs is 2. The number of hydrogen-bond donors (Lipinski definition) is 3. The topological polar surface area (TPSA) is 137 Å². The van der Waals surface area contributed by atoms with Crippen molar-refractivity contribution in [2.24, 2.45) is 11.7 Å². The highest BCUT2D eigenvalue weighted by molar-refractivity contribution is 6.31. The number of benzene rings is 2. The lowest BCUT2D eigenvalue weighted by Crippen LogP contribution is -2.44. The van der Waals surface area contributed by atoms with Crippen LogP contribution in [0.1, 0.15) is 54.2 Å². The molecule has 3 aliphatic rings. The molecular formula is C33H29Cl2FN4O5. The van der Waals surface area contributed by atoms with Crippen LogP contribution in [0.25, 0.3) is 22.2 Å². The fourth-order valence-corrected chi connectivity index (χ4v) is 6.09. The Kier molecular flexibility index (Phi) is 7.14. The molecule has 0 saturated heterocycles. The Bertz CT molecular complexity index is 1900. The number of ether oxygens (including phenoxy) is 2. The van der Waals surface area contributed by atoms with E-state index in [0.29, 0.717) is 57.0 Å². The number of nitrogens with one attached hydrogen (secondary N) is 1. The molecule has 0 radical (unpaired) electrons. The molecule has 4 N–H and O–H groups in total. The van der Waals surface area contributed by atoms with E-state index in [1.165, 1.54) is 24.4 Å². The van der Waals surface area contributed by atoms with Gasteiger partial charge in [-0.15, -0.1) is 0 Å². The minimum atomic E-state index is -1.61. The van der Waals surface area contributed by atoms with Crippen LogP contribution in [-0.4, -0.2) is 46.1 Å². The van der Waals surface area contributed by atoms with E-state index in [4.69, 9.17) is 43.4 Å². The lowest BCUT2D eigenvalue weighted by molar-refractivity contribution is -0.123. The number of halogens is 3. The van der Waals surface area contributed by atoms with Crippen LogP contribution in [0.2, 0.25) is 10.0 Å². The molecule has 4 aromatic rings. The van der Waals surface area contributed by atoms with E-state index in [1.807, 2.05) is 0 Å². The van der Waals surface area contributed by atoms with Crippen molar-refractivity contribution < 1.29 is 28.6 Å². The highest BCUT2D eigenvalue weighted by Crippen LogP contribution is 2.50. The summed E-state index contributed by atoms with van der Waals surface area (Å²) in [4.78, 5) is 35.4. The maximum atomic E-state index is 14.1. The van der Waals surface area contributed by atoms with Crippen molar-refractivity contribution in [2.75, 3.05) is 13.2 Å². The first-order valence-electron chi connectivity index (χ1n) is 14.7. The number of carbonyl (C=O) groups excluding carboxylic acids is 2. The monoisotopic (exact) mass is 650 g/mol. The summed E-state index contributed by atoms with van der Waals surface area (Å²) in [6.07, 6.45) is 4.87. The van der Waals surface area contributed by atoms with Crippen LogP contribution in [0.5, 0.6) is 11.5 Å². The summed E-state index contributed by atoms with van der Waals surface area (Å²) >= 11 is 12.3. The van der Waals surface area contributed by atoms with E-state index in [0.717, 1.165) is 12.8 Å². The number of aliphatic hydroxyl groups is 1. The normalized spacial score (nSPS) is 20.3. The highest BCUT2D eigenvalue weighted by atomic mass is 35.5. The molecular weight excluding hydrogens is 622 g/mol. The zero-order chi connectivity index (χ0) is 31.7. The second-order valence-electron chi connectivity index (χ2n) is 12.2. The van der Waals surface area contributed by atoms with Crippen molar-refractivity contribution in [3.05, 3.63) is 81.3 Å². The van der Waals surface area contributed by atoms with E-state index in [1.54, 1.807) is 31.2 Å². The number of rotatable bonds is 9. The second kappa shape index (κ2) is 10.8. The first-order chi connectivity index (χ1) is 21.5. The Morgan fingerprint density at radius 2 is 1.96 bits per heavy atom. The van der Waals surface area contributed by atoms with Crippen molar-refractivity contribution in [1.29, 1.82) is 0 Å². The lowest BCUT2D eigenvalue weighted by atomic mass is 9.81. The molecule has 1 aliphatic heterocycles. The van der Waals surface area contributed by atoms with Crippen molar-refractivity contribution in [2.45, 2.75) is 49.7 Å². The third-order valence-electron chi connectivity index (χ3n) is 8.82. The molecule has 2 aromatic heterocycles. The predicted molar refractivity (Wildman–Crippen MR) is 166 cm³/mol. The number of amides is 2. The minimum Gasteiger partial charge on any atom is -0.489 e. The molecule has 2 amide bonds. The van der Waals surface area contributed by atoms with Gasteiger partial charge in [0.15, 0.2) is 0 Å². The predicted octanol–water partition coefficient (Wildman–Crippen LogP) is 5.45. The summed E-state index contributed by atoms with van der Waals surface area (Å²) < 4.78 is 26.1. The van der Waals surface area contributed by atoms with Gasteiger partial charge in [0.05, 0.1) is 28.4 Å².